The Balaban J connectivity index is 1.73. The van der Waals surface area contributed by atoms with Crippen LogP contribution in [0.25, 0.3) is 0 Å². The first-order chi connectivity index (χ1) is 17.2. The fraction of sp³-hybridized carbons (Fsp3) is 0.708. The lowest BCUT2D eigenvalue weighted by atomic mass is 10.3. The van der Waals surface area contributed by atoms with E-state index >= 15 is 0 Å². The Labute approximate surface area is 216 Å². The number of carbonyl (C=O) groups excluding carboxylic acids is 1. The van der Waals surface area contributed by atoms with Crippen molar-refractivity contribution in [3.63, 3.8) is 0 Å². The van der Waals surface area contributed by atoms with Gasteiger partial charge in [0.1, 0.15) is 12.4 Å². The van der Waals surface area contributed by atoms with E-state index in [1.807, 2.05) is 0 Å². The van der Waals surface area contributed by atoms with Gasteiger partial charge in [-0.1, -0.05) is 15.9 Å². The van der Waals surface area contributed by atoms with Crippen molar-refractivity contribution in [2.75, 3.05) is 110 Å². The average Bonchev–Trinajstić information content (AvgIpc) is 2.85. The van der Waals surface area contributed by atoms with E-state index < -0.39 is 0 Å². The Morgan fingerprint density at radius 1 is 0.600 bits per heavy atom. The molecule has 202 valence electrons. The molecule has 0 aliphatic heterocycles. The summed E-state index contributed by atoms with van der Waals surface area (Å²) in [4.78, 5) is 11.0. The van der Waals surface area contributed by atoms with Crippen molar-refractivity contribution in [1.29, 1.82) is 0 Å². The largest absolute Gasteiger partial charge is 0.491 e. The zero-order chi connectivity index (χ0) is 25.2. The highest BCUT2D eigenvalue weighted by atomic mass is 79.9. The number of nitrogens with one attached hydrogen (secondary N) is 1. The molecule has 0 aromatic heterocycles. The predicted octanol–water partition coefficient (Wildman–Crippen LogP) is 2.53. The molecule has 0 bridgehead atoms. The van der Waals surface area contributed by atoms with Gasteiger partial charge in [-0.3, -0.25) is 4.79 Å². The Bertz CT molecular complexity index is 607. The van der Waals surface area contributed by atoms with Crippen LogP contribution in [-0.4, -0.2) is 110 Å². The maximum atomic E-state index is 11.0. The Hall–Kier alpha value is -1.31. The summed E-state index contributed by atoms with van der Waals surface area (Å²) in [7, 11) is 0. The van der Waals surface area contributed by atoms with E-state index in [2.05, 4.69) is 21.2 Å². The van der Waals surface area contributed by atoms with Crippen molar-refractivity contribution < 1.29 is 42.7 Å². The number of amides is 1. The first-order valence-electron chi connectivity index (χ1n) is 11.8. The van der Waals surface area contributed by atoms with Crippen molar-refractivity contribution in [2.24, 2.45) is 0 Å². The summed E-state index contributed by atoms with van der Waals surface area (Å²) >= 11 is 3.29. The predicted molar refractivity (Wildman–Crippen MR) is 136 cm³/mol. The highest BCUT2D eigenvalue weighted by Crippen LogP contribution is 2.15. The zero-order valence-electron chi connectivity index (χ0n) is 20.7. The van der Waals surface area contributed by atoms with E-state index in [4.69, 9.17) is 37.9 Å². The minimum absolute atomic E-state index is 0.104. The summed E-state index contributed by atoms with van der Waals surface area (Å²) in [6, 6.07) is 7.18. The lowest BCUT2D eigenvalue weighted by Gasteiger charge is -2.09. The molecule has 0 atom stereocenters. The Kier molecular flexibility index (Phi) is 22.1. The SMILES string of the molecule is CC(=O)Nc1ccc(OCCOCCOCCOCCOCCOCCOCCOCCBr)cc1. The van der Waals surface area contributed by atoms with Crippen LogP contribution in [0.2, 0.25) is 0 Å². The van der Waals surface area contributed by atoms with Crippen LogP contribution < -0.4 is 10.1 Å². The second-order valence-corrected chi connectivity index (χ2v) is 7.82. The van der Waals surface area contributed by atoms with Crippen LogP contribution in [0.15, 0.2) is 24.3 Å². The molecule has 1 rings (SSSR count). The highest BCUT2D eigenvalue weighted by molar-refractivity contribution is 9.09. The first kappa shape index (κ1) is 31.7. The molecule has 0 heterocycles. The molecule has 0 radical (unpaired) electrons. The van der Waals surface area contributed by atoms with Crippen LogP contribution in [0, 0.1) is 0 Å². The second-order valence-electron chi connectivity index (χ2n) is 7.03. The van der Waals surface area contributed by atoms with Gasteiger partial charge in [0.2, 0.25) is 5.91 Å². The Morgan fingerprint density at radius 3 is 1.29 bits per heavy atom. The average molecular weight is 566 g/mol. The van der Waals surface area contributed by atoms with Crippen LogP contribution in [-0.2, 0) is 38.0 Å². The van der Waals surface area contributed by atoms with Gasteiger partial charge in [0.05, 0.1) is 92.5 Å². The molecule has 0 spiro atoms. The number of anilines is 1. The van der Waals surface area contributed by atoms with Crippen LogP contribution >= 0.6 is 15.9 Å². The molecule has 11 heteroatoms. The van der Waals surface area contributed by atoms with Gasteiger partial charge >= 0.3 is 0 Å². The second kappa shape index (κ2) is 24.4. The maximum Gasteiger partial charge on any atom is 0.221 e. The van der Waals surface area contributed by atoms with Crippen LogP contribution in [0.1, 0.15) is 6.92 Å². The van der Waals surface area contributed by atoms with E-state index in [1.54, 1.807) is 24.3 Å². The third-order valence-electron chi connectivity index (χ3n) is 4.12. The zero-order valence-corrected chi connectivity index (χ0v) is 22.3. The molecule has 0 unspecified atom stereocenters. The van der Waals surface area contributed by atoms with Gasteiger partial charge in [0.15, 0.2) is 0 Å². The molecule has 35 heavy (non-hydrogen) atoms. The van der Waals surface area contributed by atoms with E-state index in [0.717, 1.165) is 16.8 Å². The monoisotopic (exact) mass is 565 g/mol. The molecule has 0 aliphatic carbocycles. The number of rotatable bonds is 25. The quantitative estimate of drug-likeness (QED) is 0.141. The summed E-state index contributed by atoms with van der Waals surface area (Å²) in [5, 5.41) is 3.54. The molecule has 1 aromatic carbocycles. The number of ether oxygens (including phenoxy) is 8. The van der Waals surface area contributed by atoms with Crippen LogP contribution in [0.3, 0.4) is 0 Å². The summed E-state index contributed by atoms with van der Waals surface area (Å²) < 4.78 is 43.4. The topological polar surface area (TPSA) is 103 Å². The van der Waals surface area contributed by atoms with Crippen molar-refractivity contribution in [1.82, 2.24) is 0 Å². The molecule has 1 aromatic rings. The molecule has 0 saturated heterocycles. The highest BCUT2D eigenvalue weighted by Gasteiger charge is 1.98. The lowest BCUT2D eigenvalue weighted by molar-refractivity contribution is -0.114. The number of benzene rings is 1. The molecular weight excluding hydrogens is 526 g/mol. The van der Waals surface area contributed by atoms with Crippen molar-refractivity contribution in [3.05, 3.63) is 24.3 Å². The van der Waals surface area contributed by atoms with Gasteiger partial charge in [0, 0.05) is 17.9 Å². The normalized spacial score (nSPS) is 11.0. The van der Waals surface area contributed by atoms with Crippen LogP contribution in [0.4, 0.5) is 5.69 Å². The maximum absolute atomic E-state index is 11.0. The minimum Gasteiger partial charge on any atom is -0.491 e. The number of halogens is 1. The summed E-state index contributed by atoms with van der Waals surface area (Å²) in [5.74, 6) is 0.619. The van der Waals surface area contributed by atoms with E-state index in [9.17, 15) is 4.79 Å². The third kappa shape index (κ3) is 21.7. The number of hydrogen-bond donors (Lipinski definition) is 1. The van der Waals surface area contributed by atoms with Gasteiger partial charge in [-0.2, -0.15) is 0 Å². The molecule has 10 nitrogen and oxygen atoms in total. The summed E-state index contributed by atoms with van der Waals surface area (Å²) in [6.45, 7) is 9.43. The van der Waals surface area contributed by atoms with Crippen molar-refractivity contribution in [3.8, 4) is 5.75 Å². The van der Waals surface area contributed by atoms with E-state index in [-0.39, 0.29) is 5.91 Å². The van der Waals surface area contributed by atoms with Crippen molar-refractivity contribution >= 4 is 27.5 Å². The number of hydrogen-bond acceptors (Lipinski definition) is 9. The molecular formula is C24H40BrNO9. The number of alkyl halides is 1. The van der Waals surface area contributed by atoms with E-state index in [1.165, 1.54) is 6.92 Å². The fourth-order valence-corrected chi connectivity index (χ4v) is 2.76. The van der Waals surface area contributed by atoms with Gasteiger partial charge in [0.25, 0.3) is 0 Å². The molecule has 1 amide bonds. The van der Waals surface area contributed by atoms with Gasteiger partial charge in [-0.25, -0.2) is 0 Å². The van der Waals surface area contributed by atoms with Crippen molar-refractivity contribution in [2.45, 2.75) is 6.92 Å². The van der Waals surface area contributed by atoms with E-state index in [0.29, 0.717) is 99.1 Å². The lowest BCUT2D eigenvalue weighted by Crippen LogP contribution is -2.15. The van der Waals surface area contributed by atoms with Gasteiger partial charge in [-0.15, -0.1) is 0 Å². The molecule has 0 saturated carbocycles. The standard InChI is InChI=1S/C24H40BrNO9/c1-22(27)26-23-2-4-24(5-3-23)35-21-20-34-19-18-33-17-16-32-15-14-31-13-12-30-11-10-29-9-8-28-7-6-25/h2-5H,6-21H2,1H3,(H,26,27). The summed E-state index contributed by atoms with van der Waals surface area (Å²) in [5.41, 5.74) is 0.737. The minimum atomic E-state index is -0.104. The third-order valence-corrected chi connectivity index (χ3v) is 4.45. The smallest absolute Gasteiger partial charge is 0.221 e. The molecule has 0 fully saturated rings. The van der Waals surface area contributed by atoms with Gasteiger partial charge < -0.3 is 43.2 Å². The Morgan fingerprint density at radius 2 is 0.943 bits per heavy atom. The fourth-order valence-electron chi connectivity index (χ4n) is 2.53. The first-order valence-corrected chi connectivity index (χ1v) is 12.9. The number of carbonyl (C=O) groups is 1. The molecule has 1 N–H and O–H groups in total. The van der Waals surface area contributed by atoms with Gasteiger partial charge in [-0.05, 0) is 24.3 Å². The molecule has 0 aliphatic rings. The van der Waals surface area contributed by atoms with Crippen LogP contribution in [0.5, 0.6) is 5.75 Å². The summed E-state index contributed by atoms with van der Waals surface area (Å²) in [6.07, 6.45) is 0.